The normalized spacial score (nSPS) is 17.2. The first-order valence-electron chi connectivity index (χ1n) is 7.48. The highest BCUT2D eigenvalue weighted by molar-refractivity contribution is 5.47. The van der Waals surface area contributed by atoms with Crippen LogP contribution in [0.25, 0.3) is 0 Å². The number of pyridine rings is 1. The summed E-state index contributed by atoms with van der Waals surface area (Å²) in [6.07, 6.45) is -1.01. The lowest BCUT2D eigenvalue weighted by molar-refractivity contribution is -0.179. The van der Waals surface area contributed by atoms with Gasteiger partial charge >= 0.3 is 6.18 Å². The summed E-state index contributed by atoms with van der Waals surface area (Å²) >= 11 is 0. The third kappa shape index (κ3) is 4.33. The lowest BCUT2D eigenvalue weighted by atomic mass is 9.96. The van der Waals surface area contributed by atoms with Crippen molar-refractivity contribution in [3.8, 4) is 0 Å². The van der Waals surface area contributed by atoms with E-state index in [1.165, 1.54) is 0 Å². The predicted octanol–water partition coefficient (Wildman–Crippen LogP) is 3.36. The van der Waals surface area contributed by atoms with Crippen molar-refractivity contribution < 1.29 is 13.2 Å². The molecule has 0 atom stereocenters. The molecule has 0 saturated carbocycles. The van der Waals surface area contributed by atoms with Gasteiger partial charge in [0, 0.05) is 31.4 Å². The molecule has 6 heteroatoms. The number of nitrogens with zero attached hydrogens (tertiary/aromatic N) is 2. The van der Waals surface area contributed by atoms with Crippen molar-refractivity contribution in [1.82, 2.24) is 10.3 Å². The lowest BCUT2D eigenvalue weighted by Crippen LogP contribution is -2.40. The van der Waals surface area contributed by atoms with E-state index in [2.05, 4.69) is 17.2 Å². The molecular weight excluding hydrogens is 279 g/mol. The Bertz CT molecular complexity index is 440. The molecule has 1 saturated heterocycles. The Labute approximate surface area is 123 Å². The van der Waals surface area contributed by atoms with Crippen LogP contribution in [0.1, 0.15) is 31.7 Å². The number of hydrogen-bond donors (Lipinski definition) is 1. The maximum absolute atomic E-state index is 12.7. The summed E-state index contributed by atoms with van der Waals surface area (Å²) in [5.74, 6) is -0.346. The maximum Gasteiger partial charge on any atom is 0.391 e. The van der Waals surface area contributed by atoms with Crippen LogP contribution in [0.5, 0.6) is 0 Å². The number of hydrogen-bond acceptors (Lipinski definition) is 3. The Morgan fingerprint density at radius 2 is 2.05 bits per heavy atom. The maximum atomic E-state index is 12.7. The fraction of sp³-hybridized carbons (Fsp3) is 0.667. The van der Waals surface area contributed by atoms with E-state index in [4.69, 9.17) is 0 Å². The topological polar surface area (TPSA) is 28.2 Å². The fourth-order valence-corrected chi connectivity index (χ4v) is 2.67. The van der Waals surface area contributed by atoms with Crippen LogP contribution in [0.4, 0.5) is 19.0 Å². The summed E-state index contributed by atoms with van der Waals surface area (Å²) in [5.41, 5.74) is 1.05. The smallest absolute Gasteiger partial charge is 0.356 e. The molecule has 2 rings (SSSR count). The van der Waals surface area contributed by atoms with E-state index in [0.29, 0.717) is 19.6 Å². The van der Waals surface area contributed by atoms with Gasteiger partial charge in [0.1, 0.15) is 5.82 Å². The van der Waals surface area contributed by atoms with E-state index < -0.39 is 12.1 Å². The van der Waals surface area contributed by atoms with Gasteiger partial charge in [-0.3, -0.25) is 0 Å². The summed E-state index contributed by atoms with van der Waals surface area (Å²) in [6, 6.07) is 3.86. The largest absolute Gasteiger partial charge is 0.391 e. The number of piperidine rings is 1. The van der Waals surface area contributed by atoms with Gasteiger partial charge in [-0.05, 0) is 31.9 Å². The zero-order valence-electron chi connectivity index (χ0n) is 12.3. The average Bonchev–Trinajstić information content (AvgIpc) is 2.47. The molecule has 1 aliphatic rings. The monoisotopic (exact) mass is 301 g/mol. The van der Waals surface area contributed by atoms with Crippen LogP contribution < -0.4 is 10.2 Å². The molecule has 118 valence electrons. The summed E-state index contributed by atoms with van der Waals surface area (Å²) in [5, 5.41) is 3.32. The average molecular weight is 301 g/mol. The summed E-state index contributed by atoms with van der Waals surface area (Å²) in [6.45, 7) is 4.56. The van der Waals surface area contributed by atoms with Gasteiger partial charge < -0.3 is 10.2 Å². The third-order valence-electron chi connectivity index (χ3n) is 3.87. The molecule has 1 aromatic rings. The van der Waals surface area contributed by atoms with E-state index in [9.17, 15) is 13.2 Å². The molecule has 21 heavy (non-hydrogen) atoms. The van der Waals surface area contributed by atoms with Gasteiger partial charge in [-0.25, -0.2) is 4.98 Å². The van der Waals surface area contributed by atoms with Gasteiger partial charge in [-0.1, -0.05) is 13.0 Å². The van der Waals surface area contributed by atoms with Crippen molar-refractivity contribution in [1.29, 1.82) is 0 Å². The fourth-order valence-electron chi connectivity index (χ4n) is 2.67. The summed E-state index contributed by atoms with van der Waals surface area (Å²) in [4.78, 5) is 6.35. The molecule has 0 spiro atoms. The standard InChI is InChI=1S/C15H22F3N3/c1-2-7-19-11-12-4-3-8-20-14(12)21-9-5-13(6-10-21)15(16,17)18/h3-4,8,13,19H,2,5-7,9-11H2,1H3. The van der Waals surface area contributed by atoms with Crippen LogP contribution in [0.3, 0.4) is 0 Å². The minimum atomic E-state index is -4.07. The molecular formula is C15H22F3N3. The second-order valence-electron chi connectivity index (χ2n) is 5.47. The van der Waals surface area contributed by atoms with Gasteiger partial charge in [-0.15, -0.1) is 0 Å². The highest BCUT2D eigenvalue weighted by atomic mass is 19.4. The number of aromatic nitrogens is 1. The molecule has 0 unspecified atom stereocenters. The number of alkyl halides is 3. The third-order valence-corrected chi connectivity index (χ3v) is 3.87. The van der Waals surface area contributed by atoms with Crippen molar-refractivity contribution in [2.45, 2.75) is 38.9 Å². The minimum Gasteiger partial charge on any atom is -0.356 e. The van der Waals surface area contributed by atoms with Crippen molar-refractivity contribution >= 4 is 5.82 Å². The first-order valence-corrected chi connectivity index (χ1v) is 7.48. The van der Waals surface area contributed by atoms with Crippen molar-refractivity contribution in [2.75, 3.05) is 24.5 Å². The first kappa shape index (κ1) is 16.1. The molecule has 1 fully saturated rings. The molecule has 2 heterocycles. The van der Waals surface area contributed by atoms with E-state index in [1.807, 2.05) is 17.0 Å². The lowest BCUT2D eigenvalue weighted by Gasteiger charge is -2.34. The molecule has 1 aliphatic heterocycles. The summed E-state index contributed by atoms with van der Waals surface area (Å²) in [7, 11) is 0. The molecule has 0 radical (unpaired) electrons. The zero-order valence-corrected chi connectivity index (χ0v) is 12.3. The number of anilines is 1. The second kappa shape index (κ2) is 7.11. The number of nitrogens with one attached hydrogen (secondary N) is 1. The van der Waals surface area contributed by atoms with Crippen LogP contribution >= 0.6 is 0 Å². The number of halogens is 3. The van der Waals surface area contributed by atoms with Crippen molar-refractivity contribution in [3.63, 3.8) is 0 Å². The Hall–Kier alpha value is -1.30. The van der Waals surface area contributed by atoms with Gasteiger partial charge in [0.05, 0.1) is 5.92 Å². The van der Waals surface area contributed by atoms with Gasteiger partial charge in [0.25, 0.3) is 0 Å². The quantitative estimate of drug-likeness (QED) is 0.845. The molecule has 0 aliphatic carbocycles. The molecule has 1 aromatic heterocycles. The second-order valence-corrected chi connectivity index (χ2v) is 5.47. The highest BCUT2D eigenvalue weighted by Crippen LogP contribution is 2.35. The van der Waals surface area contributed by atoms with Crippen LogP contribution in [0, 0.1) is 5.92 Å². The minimum absolute atomic E-state index is 0.155. The Balaban J connectivity index is 1.99. The molecule has 0 bridgehead atoms. The van der Waals surface area contributed by atoms with Crippen molar-refractivity contribution in [2.24, 2.45) is 5.92 Å². The highest BCUT2D eigenvalue weighted by Gasteiger charge is 2.41. The Kier molecular flexibility index (Phi) is 5.45. The molecule has 3 nitrogen and oxygen atoms in total. The first-order chi connectivity index (χ1) is 10.0. The molecule has 0 aromatic carbocycles. The SMILES string of the molecule is CCCNCc1cccnc1N1CCC(C(F)(F)F)CC1. The van der Waals surface area contributed by atoms with E-state index in [-0.39, 0.29) is 12.8 Å². The Morgan fingerprint density at radius 3 is 2.67 bits per heavy atom. The van der Waals surface area contributed by atoms with Crippen LogP contribution in [-0.2, 0) is 6.54 Å². The van der Waals surface area contributed by atoms with Crippen molar-refractivity contribution in [3.05, 3.63) is 23.9 Å². The molecule has 0 amide bonds. The van der Waals surface area contributed by atoms with Gasteiger partial charge in [-0.2, -0.15) is 13.2 Å². The van der Waals surface area contributed by atoms with Gasteiger partial charge in [0.15, 0.2) is 0 Å². The van der Waals surface area contributed by atoms with Crippen LogP contribution in [0.2, 0.25) is 0 Å². The van der Waals surface area contributed by atoms with E-state index >= 15 is 0 Å². The zero-order chi connectivity index (χ0) is 15.3. The van der Waals surface area contributed by atoms with Gasteiger partial charge in [0.2, 0.25) is 0 Å². The Morgan fingerprint density at radius 1 is 1.33 bits per heavy atom. The number of rotatable bonds is 5. The van der Waals surface area contributed by atoms with E-state index in [0.717, 1.165) is 24.3 Å². The van der Waals surface area contributed by atoms with E-state index in [1.54, 1.807) is 6.20 Å². The van der Waals surface area contributed by atoms with Crippen LogP contribution in [-0.4, -0.2) is 30.8 Å². The van der Waals surface area contributed by atoms with Crippen LogP contribution in [0.15, 0.2) is 18.3 Å². The summed E-state index contributed by atoms with van der Waals surface area (Å²) < 4.78 is 38.1. The predicted molar refractivity (Wildman–Crippen MR) is 77.2 cm³/mol. The molecule has 1 N–H and O–H groups in total.